The van der Waals surface area contributed by atoms with Gasteiger partial charge in [-0.15, -0.1) is 0 Å². The molecule has 0 heterocycles. The van der Waals surface area contributed by atoms with E-state index in [0.29, 0.717) is 5.69 Å². The average molecular weight is 455 g/mol. The van der Waals surface area contributed by atoms with Crippen molar-refractivity contribution in [3.05, 3.63) is 52.5 Å². The Bertz CT molecular complexity index is 912. The summed E-state index contributed by atoms with van der Waals surface area (Å²) in [6.45, 7) is 3.65. The van der Waals surface area contributed by atoms with Gasteiger partial charge in [-0.2, -0.15) is 4.31 Å². The molecule has 0 aromatic heterocycles. The van der Waals surface area contributed by atoms with Crippen LogP contribution in [0.2, 0.25) is 0 Å². The Labute approximate surface area is 168 Å². The van der Waals surface area contributed by atoms with Crippen molar-refractivity contribution in [3.63, 3.8) is 0 Å². The number of carbonyl (C=O) groups excluding carboxylic acids is 1. The molecule has 27 heavy (non-hydrogen) atoms. The summed E-state index contributed by atoms with van der Waals surface area (Å²) in [6.07, 6.45) is 0. The number of ether oxygens (including phenoxy) is 1. The van der Waals surface area contributed by atoms with Crippen LogP contribution in [0.1, 0.15) is 25.3 Å². The maximum atomic E-state index is 13.0. The highest BCUT2D eigenvalue weighted by molar-refractivity contribution is 9.10. The predicted molar refractivity (Wildman–Crippen MR) is 110 cm³/mol. The van der Waals surface area contributed by atoms with E-state index in [4.69, 9.17) is 4.74 Å². The molecule has 0 radical (unpaired) electrons. The number of carbonyl (C=O) groups is 1. The molecule has 0 unspecified atom stereocenters. The summed E-state index contributed by atoms with van der Waals surface area (Å²) >= 11 is 3.32. The molecule has 0 aliphatic heterocycles. The van der Waals surface area contributed by atoms with E-state index in [1.165, 1.54) is 14.2 Å². The van der Waals surface area contributed by atoms with Crippen molar-refractivity contribution in [3.8, 4) is 5.75 Å². The van der Waals surface area contributed by atoms with E-state index < -0.39 is 15.9 Å². The Morgan fingerprint density at radius 1 is 1.19 bits per heavy atom. The van der Waals surface area contributed by atoms with E-state index in [0.717, 1.165) is 14.3 Å². The van der Waals surface area contributed by atoms with Crippen molar-refractivity contribution in [2.75, 3.05) is 26.0 Å². The third-order valence-electron chi connectivity index (χ3n) is 4.04. The molecule has 0 bridgehead atoms. The Hall–Kier alpha value is -1.90. The number of amides is 1. The van der Waals surface area contributed by atoms with Crippen molar-refractivity contribution in [1.82, 2.24) is 4.31 Å². The average Bonchev–Trinajstić information content (AvgIpc) is 2.62. The van der Waals surface area contributed by atoms with Gasteiger partial charge >= 0.3 is 0 Å². The molecule has 0 atom stereocenters. The van der Waals surface area contributed by atoms with Crippen LogP contribution in [0, 0.1) is 0 Å². The summed E-state index contributed by atoms with van der Waals surface area (Å²) in [4.78, 5) is 12.3. The van der Waals surface area contributed by atoms with Crippen LogP contribution in [0.15, 0.2) is 51.8 Å². The lowest BCUT2D eigenvalue weighted by Gasteiger charge is -2.20. The number of hydrogen-bond donors (Lipinski definition) is 1. The molecule has 6 nitrogen and oxygen atoms in total. The lowest BCUT2D eigenvalue weighted by Crippen LogP contribution is -2.35. The SMILES string of the molecule is COc1ccc(C(C)C)cc1S(=O)(=O)N(C)CC(=O)Nc1ccc(Br)cc1. The number of nitrogens with zero attached hydrogens (tertiary/aromatic N) is 1. The number of anilines is 1. The van der Waals surface area contributed by atoms with Gasteiger partial charge in [0.25, 0.3) is 0 Å². The normalized spacial score (nSPS) is 11.7. The van der Waals surface area contributed by atoms with Gasteiger partial charge in [0.1, 0.15) is 10.6 Å². The maximum absolute atomic E-state index is 13.0. The molecule has 0 spiro atoms. The van der Waals surface area contributed by atoms with Gasteiger partial charge in [0, 0.05) is 17.2 Å². The topological polar surface area (TPSA) is 75.7 Å². The Kier molecular flexibility index (Phi) is 7.02. The number of hydrogen-bond acceptors (Lipinski definition) is 4. The second-order valence-electron chi connectivity index (χ2n) is 6.38. The van der Waals surface area contributed by atoms with Crippen molar-refractivity contribution in [2.24, 2.45) is 0 Å². The molecular formula is C19H23BrN2O4S. The minimum absolute atomic E-state index is 0.0511. The van der Waals surface area contributed by atoms with Crippen LogP contribution in [0.25, 0.3) is 0 Å². The van der Waals surface area contributed by atoms with Gasteiger partial charge in [-0.3, -0.25) is 4.79 Å². The third-order valence-corrected chi connectivity index (χ3v) is 6.39. The third kappa shape index (κ3) is 5.31. The van der Waals surface area contributed by atoms with Crippen LogP contribution < -0.4 is 10.1 Å². The highest BCUT2D eigenvalue weighted by Crippen LogP contribution is 2.29. The first-order chi connectivity index (χ1) is 12.6. The van der Waals surface area contributed by atoms with Crippen LogP contribution in [0.4, 0.5) is 5.69 Å². The van der Waals surface area contributed by atoms with Crippen LogP contribution in [0.5, 0.6) is 5.75 Å². The van der Waals surface area contributed by atoms with Gasteiger partial charge < -0.3 is 10.1 Å². The molecule has 2 aromatic carbocycles. The van der Waals surface area contributed by atoms with E-state index in [1.807, 2.05) is 19.9 Å². The van der Waals surface area contributed by atoms with E-state index in [2.05, 4.69) is 21.2 Å². The number of nitrogens with one attached hydrogen (secondary N) is 1. The van der Waals surface area contributed by atoms with Crippen molar-refractivity contribution in [2.45, 2.75) is 24.7 Å². The first kappa shape index (κ1) is 21.4. The van der Waals surface area contributed by atoms with Crippen LogP contribution in [-0.2, 0) is 14.8 Å². The quantitative estimate of drug-likeness (QED) is 0.689. The minimum Gasteiger partial charge on any atom is -0.495 e. The maximum Gasteiger partial charge on any atom is 0.246 e. The van der Waals surface area contributed by atoms with E-state index in [-0.39, 0.29) is 23.1 Å². The Morgan fingerprint density at radius 3 is 2.37 bits per heavy atom. The molecule has 1 amide bonds. The van der Waals surface area contributed by atoms with E-state index in [9.17, 15) is 13.2 Å². The van der Waals surface area contributed by atoms with Crippen LogP contribution in [0.3, 0.4) is 0 Å². The lowest BCUT2D eigenvalue weighted by molar-refractivity contribution is -0.116. The second-order valence-corrected chi connectivity index (χ2v) is 9.31. The Morgan fingerprint density at radius 2 is 1.81 bits per heavy atom. The number of rotatable bonds is 7. The summed E-state index contributed by atoms with van der Waals surface area (Å²) in [7, 11) is -1.10. The fraction of sp³-hybridized carbons (Fsp3) is 0.316. The summed E-state index contributed by atoms with van der Waals surface area (Å²) in [5.74, 6) is -0.0159. The Balaban J connectivity index is 2.21. The standard InChI is InChI=1S/C19H23BrN2O4S/c1-13(2)14-5-10-17(26-4)18(11-14)27(24,25)22(3)12-19(23)21-16-8-6-15(20)7-9-16/h5-11,13H,12H2,1-4H3,(H,21,23). The number of sulfonamides is 1. The smallest absolute Gasteiger partial charge is 0.246 e. The summed E-state index contributed by atoms with van der Waals surface area (Å²) in [6, 6.07) is 12.1. The van der Waals surface area contributed by atoms with E-state index >= 15 is 0 Å². The molecular weight excluding hydrogens is 432 g/mol. The van der Waals surface area contributed by atoms with Gasteiger partial charge in [0.05, 0.1) is 13.7 Å². The first-order valence-corrected chi connectivity index (χ1v) is 10.6. The van der Waals surface area contributed by atoms with Crippen molar-refractivity contribution in [1.29, 1.82) is 0 Å². The van der Waals surface area contributed by atoms with Crippen molar-refractivity contribution >= 4 is 37.5 Å². The minimum atomic E-state index is -3.89. The number of methoxy groups -OCH3 is 1. The lowest BCUT2D eigenvalue weighted by atomic mass is 10.0. The summed E-state index contributed by atoms with van der Waals surface area (Å²) in [5.41, 5.74) is 1.47. The molecule has 0 aliphatic rings. The molecule has 8 heteroatoms. The molecule has 0 fully saturated rings. The predicted octanol–water partition coefficient (Wildman–Crippen LogP) is 3.84. The van der Waals surface area contributed by atoms with E-state index in [1.54, 1.807) is 36.4 Å². The zero-order valence-corrected chi connectivity index (χ0v) is 18.1. The van der Waals surface area contributed by atoms with Gasteiger partial charge in [-0.1, -0.05) is 35.8 Å². The van der Waals surface area contributed by atoms with Gasteiger partial charge in [0.15, 0.2) is 0 Å². The molecule has 2 rings (SSSR count). The first-order valence-electron chi connectivity index (χ1n) is 8.35. The van der Waals surface area contributed by atoms with Crippen LogP contribution >= 0.6 is 15.9 Å². The fourth-order valence-corrected chi connectivity index (χ4v) is 4.02. The number of benzene rings is 2. The van der Waals surface area contributed by atoms with Crippen LogP contribution in [-0.4, -0.2) is 39.3 Å². The number of likely N-dealkylation sites (N-methyl/N-ethyl adjacent to an activating group) is 1. The molecule has 1 N–H and O–H groups in total. The monoisotopic (exact) mass is 454 g/mol. The molecule has 2 aromatic rings. The molecule has 0 saturated carbocycles. The largest absolute Gasteiger partial charge is 0.495 e. The highest BCUT2D eigenvalue weighted by Gasteiger charge is 2.27. The highest BCUT2D eigenvalue weighted by atomic mass is 79.9. The fourth-order valence-electron chi connectivity index (χ4n) is 2.44. The number of halogens is 1. The summed E-state index contributed by atoms with van der Waals surface area (Å²) in [5, 5.41) is 2.68. The van der Waals surface area contributed by atoms with Crippen molar-refractivity contribution < 1.29 is 17.9 Å². The second kappa shape index (κ2) is 8.86. The van der Waals surface area contributed by atoms with Gasteiger partial charge in [-0.25, -0.2) is 8.42 Å². The van der Waals surface area contributed by atoms with Gasteiger partial charge in [-0.05, 0) is 47.9 Å². The molecule has 146 valence electrons. The molecule has 0 saturated heterocycles. The van der Waals surface area contributed by atoms with Gasteiger partial charge in [0.2, 0.25) is 15.9 Å². The summed E-state index contributed by atoms with van der Waals surface area (Å²) < 4.78 is 33.1. The zero-order valence-electron chi connectivity index (χ0n) is 15.7. The zero-order chi connectivity index (χ0) is 20.2. The molecule has 0 aliphatic carbocycles.